The Bertz CT molecular complexity index is 1450. The molecule has 3 aromatic rings. The van der Waals surface area contributed by atoms with E-state index < -0.39 is 34.8 Å². The molecule has 3 aromatic carbocycles. The van der Waals surface area contributed by atoms with Gasteiger partial charge in [0, 0.05) is 19.0 Å². The number of rotatable bonds is 6. The second kappa shape index (κ2) is 12.8. The average molecular weight is 635 g/mol. The lowest BCUT2D eigenvalue weighted by molar-refractivity contribution is -0.143. The van der Waals surface area contributed by atoms with Crippen LogP contribution in [0.2, 0.25) is 0 Å². The van der Waals surface area contributed by atoms with Crippen molar-refractivity contribution >= 4 is 5.91 Å². The van der Waals surface area contributed by atoms with Crippen molar-refractivity contribution in [3.63, 3.8) is 0 Å². The molecular formula is C35H37F7N2O. The van der Waals surface area contributed by atoms with Crippen molar-refractivity contribution in [3.8, 4) is 0 Å². The molecule has 1 unspecified atom stereocenters. The maximum atomic E-state index is 13.7. The molecule has 0 bridgehead atoms. The molecule has 0 radical (unpaired) electrons. The quantitative estimate of drug-likeness (QED) is 0.275. The number of likely N-dealkylation sites (N-methyl/N-ethyl adjacent to an activating group) is 1. The van der Waals surface area contributed by atoms with E-state index in [9.17, 15) is 35.5 Å². The Balaban J connectivity index is 1.39. The number of carbonyl (C=O) groups excluding carboxylic acids is 1. The molecule has 1 amide bonds. The van der Waals surface area contributed by atoms with Crippen molar-refractivity contribution in [2.24, 2.45) is 0 Å². The van der Waals surface area contributed by atoms with Crippen LogP contribution in [0.15, 0.2) is 66.7 Å². The van der Waals surface area contributed by atoms with E-state index in [0.717, 1.165) is 56.5 Å². The number of hydrogen-bond acceptors (Lipinski definition) is 2. The molecule has 1 saturated heterocycles. The fourth-order valence-corrected chi connectivity index (χ4v) is 7.37. The van der Waals surface area contributed by atoms with Crippen LogP contribution in [0.5, 0.6) is 0 Å². The number of benzene rings is 3. The van der Waals surface area contributed by atoms with Crippen molar-refractivity contribution in [2.75, 3.05) is 20.1 Å². The predicted octanol–water partition coefficient (Wildman–Crippen LogP) is 8.82. The standard InChI is InChI=1S/C35H37F7N2O/c1-22(25-19-26(34(37,38)39)21-27(20-25)35(40,41)42)30-5-3-4-6-31(30)33(32(45)43-2)15-11-29(12-16-33)44-17-13-24(14-18-44)23-7-9-28(36)10-8-23/h3-10,19-22,24,29H,11-18H2,1-2H3,(H,43,45)/t22?,29-,33-. The zero-order valence-corrected chi connectivity index (χ0v) is 25.2. The number of nitrogens with one attached hydrogen (secondary N) is 1. The van der Waals surface area contributed by atoms with E-state index in [-0.39, 0.29) is 29.4 Å². The first-order valence-electron chi connectivity index (χ1n) is 15.3. The minimum atomic E-state index is -4.95. The van der Waals surface area contributed by atoms with Crippen molar-refractivity contribution < 1.29 is 35.5 Å². The van der Waals surface area contributed by atoms with Crippen LogP contribution < -0.4 is 5.32 Å². The summed E-state index contributed by atoms with van der Waals surface area (Å²) in [6.45, 7) is 3.34. The molecule has 1 heterocycles. The van der Waals surface area contributed by atoms with Crippen LogP contribution in [0.4, 0.5) is 30.7 Å². The van der Waals surface area contributed by atoms with Crippen molar-refractivity contribution in [2.45, 2.75) is 81.1 Å². The number of amides is 1. The third kappa shape index (κ3) is 6.90. The summed E-state index contributed by atoms with van der Waals surface area (Å²) in [7, 11) is 1.55. The van der Waals surface area contributed by atoms with Crippen LogP contribution in [-0.2, 0) is 22.6 Å². The molecule has 1 N–H and O–H groups in total. The molecule has 1 saturated carbocycles. The molecule has 0 spiro atoms. The predicted molar refractivity (Wildman–Crippen MR) is 158 cm³/mol. The number of carbonyl (C=O) groups is 1. The van der Waals surface area contributed by atoms with E-state index >= 15 is 0 Å². The average Bonchev–Trinajstić information content (AvgIpc) is 3.03. The van der Waals surface area contributed by atoms with Gasteiger partial charge in [-0.3, -0.25) is 4.79 Å². The normalized spacial score (nSPS) is 22.6. The molecule has 2 aliphatic rings. The number of piperidine rings is 1. The molecule has 45 heavy (non-hydrogen) atoms. The van der Waals surface area contributed by atoms with Crippen LogP contribution in [0.3, 0.4) is 0 Å². The zero-order chi connectivity index (χ0) is 32.6. The minimum absolute atomic E-state index is 0.116. The number of hydrogen-bond donors (Lipinski definition) is 1. The van der Waals surface area contributed by atoms with Crippen LogP contribution in [0, 0.1) is 5.82 Å². The highest BCUT2D eigenvalue weighted by Gasteiger charge is 2.46. The Kier molecular flexibility index (Phi) is 9.36. The van der Waals surface area contributed by atoms with Crippen molar-refractivity contribution in [1.82, 2.24) is 10.2 Å². The van der Waals surface area contributed by atoms with E-state index in [4.69, 9.17) is 0 Å². The third-order valence-electron chi connectivity index (χ3n) is 9.91. The Labute approximate surface area is 258 Å². The smallest absolute Gasteiger partial charge is 0.358 e. The maximum Gasteiger partial charge on any atom is 0.416 e. The molecule has 3 nitrogen and oxygen atoms in total. The highest BCUT2D eigenvalue weighted by atomic mass is 19.4. The molecule has 0 aromatic heterocycles. The van der Waals surface area contributed by atoms with Gasteiger partial charge in [0.05, 0.1) is 16.5 Å². The number of halogens is 7. The number of alkyl halides is 6. The summed E-state index contributed by atoms with van der Waals surface area (Å²) < 4.78 is 95.3. The number of likely N-dealkylation sites (tertiary alicyclic amines) is 1. The van der Waals surface area contributed by atoms with E-state index in [2.05, 4.69) is 10.2 Å². The van der Waals surface area contributed by atoms with Gasteiger partial charge in [-0.25, -0.2) is 4.39 Å². The van der Waals surface area contributed by atoms with Crippen molar-refractivity contribution in [1.29, 1.82) is 0 Å². The highest BCUT2D eigenvalue weighted by molar-refractivity contribution is 5.88. The highest BCUT2D eigenvalue weighted by Crippen LogP contribution is 2.46. The third-order valence-corrected chi connectivity index (χ3v) is 9.91. The molecule has 1 aliphatic heterocycles. The van der Waals surface area contributed by atoms with E-state index in [1.54, 1.807) is 38.2 Å². The molecule has 10 heteroatoms. The monoisotopic (exact) mass is 634 g/mol. The Morgan fingerprint density at radius 3 is 1.93 bits per heavy atom. The summed E-state index contributed by atoms with van der Waals surface area (Å²) in [6, 6.07) is 15.5. The Morgan fingerprint density at radius 1 is 0.844 bits per heavy atom. The van der Waals surface area contributed by atoms with Gasteiger partial charge in [-0.15, -0.1) is 0 Å². The summed E-state index contributed by atoms with van der Waals surface area (Å²) in [5.74, 6) is -0.947. The topological polar surface area (TPSA) is 32.3 Å². The SMILES string of the molecule is CNC(=O)[C@]1(c2ccccc2C(C)c2cc(C(F)(F)F)cc(C(F)(F)F)c2)CC[C@@H](N2CCC(c3ccc(F)cc3)CC2)CC1. The van der Waals surface area contributed by atoms with E-state index in [1.165, 1.54) is 12.1 Å². The molecule has 5 rings (SSSR count). The number of nitrogens with zero attached hydrogens (tertiary/aromatic N) is 1. The summed E-state index contributed by atoms with van der Waals surface area (Å²) in [4.78, 5) is 16.1. The van der Waals surface area contributed by atoms with Gasteiger partial charge in [-0.05, 0) is 110 Å². The van der Waals surface area contributed by atoms with Crippen LogP contribution in [0.25, 0.3) is 0 Å². The van der Waals surface area contributed by atoms with E-state index in [0.29, 0.717) is 29.9 Å². The summed E-state index contributed by atoms with van der Waals surface area (Å²) >= 11 is 0. The zero-order valence-electron chi connectivity index (χ0n) is 25.2. The van der Waals surface area contributed by atoms with Crippen LogP contribution in [-0.4, -0.2) is 37.0 Å². The lowest BCUT2D eigenvalue weighted by Crippen LogP contribution is -2.51. The molecule has 242 valence electrons. The van der Waals surface area contributed by atoms with Crippen LogP contribution in [0.1, 0.15) is 90.7 Å². The summed E-state index contributed by atoms with van der Waals surface area (Å²) in [6.07, 6.45) is -5.59. The van der Waals surface area contributed by atoms with E-state index in [1.807, 2.05) is 12.1 Å². The van der Waals surface area contributed by atoms with Gasteiger partial charge in [-0.2, -0.15) is 26.3 Å². The second-order valence-electron chi connectivity index (χ2n) is 12.4. The van der Waals surface area contributed by atoms with Gasteiger partial charge < -0.3 is 10.2 Å². The van der Waals surface area contributed by atoms with Gasteiger partial charge in [0.1, 0.15) is 5.82 Å². The van der Waals surface area contributed by atoms with Gasteiger partial charge in [0.15, 0.2) is 0 Å². The van der Waals surface area contributed by atoms with Gasteiger partial charge in [0.2, 0.25) is 5.91 Å². The fraction of sp³-hybridized carbons (Fsp3) is 0.457. The molecule has 1 atom stereocenters. The van der Waals surface area contributed by atoms with Gasteiger partial charge in [0.25, 0.3) is 0 Å². The second-order valence-corrected chi connectivity index (χ2v) is 12.4. The minimum Gasteiger partial charge on any atom is -0.358 e. The lowest BCUT2D eigenvalue weighted by atomic mass is 9.64. The Hall–Kier alpha value is -3.40. The van der Waals surface area contributed by atoms with Gasteiger partial charge in [-0.1, -0.05) is 43.3 Å². The Morgan fingerprint density at radius 2 is 1.40 bits per heavy atom. The van der Waals surface area contributed by atoms with Crippen LogP contribution >= 0.6 is 0 Å². The van der Waals surface area contributed by atoms with Gasteiger partial charge >= 0.3 is 12.4 Å². The maximum absolute atomic E-state index is 13.7. The molecule has 1 aliphatic carbocycles. The van der Waals surface area contributed by atoms with Crippen molar-refractivity contribution in [3.05, 3.63) is 106 Å². The molecular weight excluding hydrogens is 597 g/mol. The molecule has 2 fully saturated rings. The summed E-state index contributed by atoms with van der Waals surface area (Å²) in [5, 5.41) is 2.78. The first-order valence-corrected chi connectivity index (χ1v) is 15.3. The first kappa shape index (κ1) is 33.0. The summed E-state index contributed by atoms with van der Waals surface area (Å²) in [5.41, 5.74) is -1.51. The first-order chi connectivity index (χ1) is 21.2. The lowest BCUT2D eigenvalue weighted by Gasteiger charge is -2.45. The largest absolute Gasteiger partial charge is 0.416 e. The fourth-order valence-electron chi connectivity index (χ4n) is 7.37.